The van der Waals surface area contributed by atoms with Crippen LogP contribution < -0.4 is 4.74 Å². The van der Waals surface area contributed by atoms with Gasteiger partial charge in [0.1, 0.15) is 11.9 Å². The van der Waals surface area contributed by atoms with Crippen molar-refractivity contribution in [2.45, 2.75) is 39.3 Å². The van der Waals surface area contributed by atoms with Gasteiger partial charge in [-0.2, -0.15) is 0 Å². The molecule has 0 aromatic heterocycles. The predicted octanol–water partition coefficient (Wildman–Crippen LogP) is 1.89. The van der Waals surface area contributed by atoms with Gasteiger partial charge in [0.15, 0.2) is 0 Å². The summed E-state index contributed by atoms with van der Waals surface area (Å²) in [5, 5.41) is 9.36. The molecule has 1 saturated heterocycles. The maximum absolute atomic E-state index is 11.8. The van der Waals surface area contributed by atoms with Crippen molar-refractivity contribution in [3.8, 4) is 5.75 Å². The van der Waals surface area contributed by atoms with Crippen LogP contribution >= 0.6 is 0 Å². The molecule has 1 unspecified atom stereocenters. The molecule has 1 N–H and O–H groups in total. The van der Waals surface area contributed by atoms with Crippen molar-refractivity contribution in [2.24, 2.45) is 0 Å². The van der Waals surface area contributed by atoms with Crippen LogP contribution in [0.15, 0.2) is 24.3 Å². The first kappa shape index (κ1) is 17.8. The first-order valence-corrected chi connectivity index (χ1v) is 8.51. The molecule has 5 nitrogen and oxygen atoms in total. The molecule has 128 valence electrons. The Labute approximate surface area is 138 Å². The van der Waals surface area contributed by atoms with E-state index in [-0.39, 0.29) is 5.91 Å². The Balaban J connectivity index is 1.76. The average molecular weight is 320 g/mol. The van der Waals surface area contributed by atoms with E-state index < -0.39 is 6.10 Å². The van der Waals surface area contributed by atoms with Crippen molar-refractivity contribution in [1.82, 2.24) is 9.80 Å². The van der Waals surface area contributed by atoms with Crippen molar-refractivity contribution < 1.29 is 14.6 Å². The summed E-state index contributed by atoms with van der Waals surface area (Å²) in [6.07, 6.45) is 1.32. The minimum Gasteiger partial charge on any atom is -0.494 e. The molecule has 1 heterocycles. The Hall–Kier alpha value is -1.59. The van der Waals surface area contributed by atoms with Crippen LogP contribution in [-0.2, 0) is 11.3 Å². The maximum atomic E-state index is 11.8. The van der Waals surface area contributed by atoms with Crippen molar-refractivity contribution in [1.29, 1.82) is 0 Å². The molecule has 5 heteroatoms. The summed E-state index contributed by atoms with van der Waals surface area (Å²) in [6, 6.07) is 8.26. The lowest BCUT2D eigenvalue weighted by molar-refractivity contribution is -0.141. The number of unbranched alkanes of at least 4 members (excludes halogenated alkanes) is 1. The van der Waals surface area contributed by atoms with Crippen molar-refractivity contribution in [3.05, 3.63) is 29.8 Å². The predicted molar refractivity (Wildman–Crippen MR) is 90.4 cm³/mol. The van der Waals surface area contributed by atoms with E-state index in [0.29, 0.717) is 13.1 Å². The van der Waals surface area contributed by atoms with E-state index in [9.17, 15) is 9.90 Å². The number of piperazine rings is 1. The number of hydrogen-bond donors (Lipinski definition) is 1. The lowest BCUT2D eigenvalue weighted by Gasteiger charge is -2.35. The van der Waals surface area contributed by atoms with Crippen LogP contribution in [0.25, 0.3) is 0 Å². The molecular weight excluding hydrogens is 292 g/mol. The summed E-state index contributed by atoms with van der Waals surface area (Å²) in [5.41, 5.74) is 1.25. The smallest absolute Gasteiger partial charge is 0.251 e. The summed E-state index contributed by atoms with van der Waals surface area (Å²) >= 11 is 0. The van der Waals surface area contributed by atoms with Gasteiger partial charge in [0.25, 0.3) is 5.91 Å². The molecule has 2 rings (SSSR count). The number of carbonyl (C=O) groups excluding carboxylic acids is 1. The van der Waals surface area contributed by atoms with E-state index >= 15 is 0 Å². The quantitative estimate of drug-likeness (QED) is 0.780. The summed E-state index contributed by atoms with van der Waals surface area (Å²) in [5.74, 6) is 0.757. The third-order valence-corrected chi connectivity index (χ3v) is 4.14. The first-order valence-electron chi connectivity index (χ1n) is 8.51. The van der Waals surface area contributed by atoms with E-state index in [1.807, 2.05) is 12.1 Å². The monoisotopic (exact) mass is 320 g/mol. The summed E-state index contributed by atoms with van der Waals surface area (Å²) < 4.78 is 5.67. The van der Waals surface area contributed by atoms with Gasteiger partial charge in [0.2, 0.25) is 0 Å². The van der Waals surface area contributed by atoms with E-state index in [4.69, 9.17) is 4.74 Å². The molecule has 1 aromatic carbocycles. The highest BCUT2D eigenvalue weighted by molar-refractivity contribution is 5.80. The van der Waals surface area contributed by atoms with Gasteiger partial charge in [-0.05, 0) is 31.0 Å². The van der Waals surface area contributed by atoms with E-state index in [0.717, 1.165) is 44.8 Å². The van der Waals surface area contributed by atoms with Gasteiger partial charge in [-0.3, -0.25) is 9.69 Å². The molecule has 1 aliphatic heterocycles. The van der Waals surface area contributed by atoms with Crippen LogP contribution in [0.4, 0.5) is 0 Å². The molecule has 0 saturated carbocycles. The highest BCUT2D eigenvalue weighted by Crippen LogP contribution is 2.15. The van der Waals surface area contributed by atoms with Gasteiger partial charge in [-0.25, -0.2) is 0 Å². The highest BCUT2D eigenvalue weighted by Gasteiger charge is 2.23. The zero-order chi connectivity index (χ0) is 16.7. The van der Waals surface area contributed by atoms with Gasteiger partial charge in [0, 0.05) is 32.7 Å². The number of nitrogens with zero attached hydrogens (tertiary/aromatic N) is 2. The van der Waals surface area contributed by atoms with E-state index in [1.165, 1.54) is 12.5 Å². The Kier molecular flexibility index (Phi) is 6.86. The Morgan fingerprint density at radius 3 is 2.43 bits per heavy atom. The summed E-state index contributed by atoms with van der Waals surface area (Å²) in [6.45, 7) is 8.38. The zero-order valence-corrected chi connectivity index (χ0v) is 14.2. The third kappa shape index (κ3) is 5.52. The Morgan fingerprint density at radius 2 is 1.87 bits per heavy atom. The second-order valence-electron chi connectivity index (χ2n) is 6.12. The van der Waals surface area contributed by atoms with Gasteiger partial charge >= 0.3 is 0 Å². The lowest BCUT2D eigenvalue weighted by Crippen LogP contribution is -2.50. The van der Waals surface area contributed by atoms with Gasteiger partial charge in [-0.1, -0.05) is 25.5 Å². The molecule has 1 fully saturated rings. The molecule has 0 radical (unpaired) electrons. The molecule has 0 spiro atoms. The number of aliphatic hydroxyl groups is 1. The Bertz CT molecular complexity index is 480. The van der Waals surface area contributed by atoms with Crippen LogP contribution in [0.5, 0.6) is 5.75 Å². The second-order valence-corrected chi connectivity index (χ2v) is 6.12. The fourth-order valence-electron chi connectivity index (χ4n) is 2.67. The number of amides is 1. The SMILES string of the molecule is CCCCOc1ccc(CN2CCN(C(=O)C(C)O)CC2)cc1. The number of ether oxygens (including phenoxy) is 1. The summed E-state index contributed by atoms with van der Waals surface area (Å²) in [7, 11) is 0. The summed E-state index contributed by atoms with van der Waals surface area (Å²) in [4.78, 5) is 15.8. The molecule has 0 aliphatic carbocycles. The standard InChI is InChI=1S/C18H28N2O3/c1-3-4-13-23-17-7-5-16(6-8-17)14-19-9-11-20(12-10-19)18(22)15(2)21/h5-8,15,21H,3-4,9-14H2,1-2H3. The van der Waals surface area contributed by atoms with Crippen LogP contribution in [0.2, 0.25) is 0 Å². The third-order valence-electron chi connectivity index (χ3n) is 4.14. The Morgan fingerprint density at radius 1 is 1.22 bits per heavy atom. The van der Waals surface area contributed by atoms with E-state index in [1.54, 1.807) is 4.90 Å². The van der Waals surface area contributed by atoms with Crippen LogP contribution in [-0.4, -0.2) is 59.7 Å². The van der Waals surface area contributed by atoms with Gasteiger partial charge < -0.3 is 14.7 Å². The second kappa shape index (κ2) is 8.89. The number of benzene rings is 1. The average Bonchev–Trinajstić information content (AvgIpc) is 2.56. The van der Waals surface area contributed by atoms with Gasteiger partial charge in [-0.15, -0.1) is 0 Å². The molecule has 23 heavy (non-hydrogen) atoms. The minimum atomic E-state index is -0.901. The fourth-order valence-corrected chi connectivity index (χ4v) is 2.67. The number of hydrogen-bond acceptors (Lipinski definition) is 4. The molecule has 1 aromatic rings. The van der Waals surface area contributed by atoms with Crippen molar-refractivity contribution in [3.63, 3.8) is 0 Å². The topological polar surface area (TPSA) is 53.0 Å². The molecule has 1 aliphatic rings. The highest BCUT2D eigenvalue weighted by atomic mass is 16.5. The van der Waals surface area contributed by atoms with Crippen molar-refractivity contribution >= 4 is 5.91 Å². The van der Waals surface area contributed by atoms with Gasteiger partial charge in [0.05, 0.1) is 6.61 Å². The molecule has 1 atom stereocenters. The van der Waals surface area contributed by atoms with Crippen LogP contribution in [0.1, 0.15) is 32.3 Å². The zero-order valence-electron chi connectivity index (χ0n) is 14.2. The minimum absolute atomic E-state index is 0.168. The largest absolute Gasteiger partial charge is 0.494 e. The normalized spacial score (nSPS) is 17.1. The molecule has 0 bridgehead atoms. The van der Waals surface area contributed by atoms with Crippen LogP contribution in [0, 0.1) is 0 Å². The van der Waals surface area contributed by atoms with Crippen LogP contribution in [0.3, 0.4) is 0 Å². The fraction of sp³-hybridized carbons (Fsp3) is 0.611. The lowest BCUT2D eigenvalue weighted by atomic mass is 10.2. The first-order chi connectivity index (χ1) is 11.1. The number of aliphatic hydroxyl groups excluding tert-OH is 1. The van der Waals surface area contributed by atoms with E-state index in [2.05, 4.69) is 24.0 Å². The molecular formula is C18H28N2O3. The maximum Gasteiger partial charge on any atom is 0.251 e. The number of carbonyl (C=O) groups is 1. The van der Waals surface area contributed by atoms with Crippen molar-refractivity contribution in [2.75, 3.05) is 32.8 Å². The number of rotatable bonds is 7. The molecule has 1 amide bonds.